The summed E-state index contributed by atoms with van der Waals surface area (Å²) in [4.78, 5) is 47.7. The zero-order chi connectivity index (χ0) is 23.8. The molecule has 9 heteroatoms. The molecule has 31 heavy (non-hydrogen) atoms. The largest absolute Gasteiger partial charge is 0.461 e. The number of carbonyl (C=O) groups is 4. The van der Waals surface area contributed by atoms with Crippen molar-refractivity contribution in [1.29, 1.82) is 0 Å². The van der Waals surface area contributed by atoms with E-state index in [2.05, 4.69) is 10.6 Å². The first-order valence-corrected chi connectivity index (χ1v) is 9.92. The Morgan fingerprint density at radius 1 is 0.935 bits per heavy atom. The molecule has 0 aliphatic rings. The molecule has 0 heterocycles. The van der Waals surface area contributed by atoms with Crippen LogP contribution in [0.1, 0.15) is 64.4 Å². The van der Waals surface area contributed by atoms with Crippen LogP contribution in [0.3, 0.4) is 0 Å². The molecule has 0 unspecified atom stereocenters. The van der Waals surface area contributed by atoms with E-state index in [4.69, 9.17) is 14.2 Å². The first kappa shape index (κ1) is 25.9. The van der Waals surface area contributed by atoms with Crippen LogP contribution >= 0.6 is 0 Å². The lowest BCUT2D eigenvalue weighted by Crippen LogP contribution is -2.38. The highest BCUT2D eigenvalue weighted by atomic mass is 16.6. The Labute approximate surface area is 182 Å². The third-order valence-corrected chi connectivity index (χ3v) is 3.62. The van der Waals surface area contributed by atoms with Gasteiger partial charge in [0.25, 0.3) is 5.91 Å². The van der Waals surface area contributed by atoms with Crippen LogP contribution < -0.4 is 15.4 Å². The van der Waals surface area contributed by atoms with E-state index in [1.165, 1.54) is 19.1 Å². The quantitative estimate of drug-likeness (QED) is 0.383. The second-order valence-corrected chi connectivity index (χ2v) is 8.93. The van der Waals surface area contributed by atoms with Crippen LogP contribution in [0.15, 0.2) is 18.2 Å². The minimum absolute atomic E-state index is 0.0245. The molecule has 1 aromatic rings. The normalized spacial score (nSPS) is 11.3. The summed E-state index contributed by atoms with van der Waals surface area (Å²) in [6, 6.07) is 4.58. The minimum atomic E-state index is -0.762. The molecule has 0 saturated heterocycles. The summed E-state index contributed by atoms with van der Waals surface area (Å²) in [6.45, 7) is 11.9. The molecule has 2 amide bonds. The smallest absolute Gasteiger partial charge is 0.407 e. The first-order valence-electron chi connectivity index (χ1n) is 9.92. The van der Waals surface area contributed by atoms with E-state index in [1.54, 1.807) is 47.6 Å². The number of hydrogen-bond donors (Lipinski definition) is 2. The van der Waals surface area contributed by atoms with Gasteiger partial charge in [-0.1, -0.05) is 6.07 Å². The van der Waals surface area contributed by atoms with Crippen LogP contribution in [-0.2, 0) is 25.7 Å². The Bertz CT molecular complexity index is 820. The molecule has 9 nitrogen and oxygen atoms in total. The van der Waals surface area contributed by atoms with Gasteiger partial charge in [-0.05, 0) is 59.2 Å². The number of alkyl carbamates (subject to hydrolysis) is 1. The predicted octanol–water partition coefficient (Wildman–Crippen LogP) is 2.96. The van der Waals surface area contributed by atoms with Crippen molar-refractivity contribution < 1.29 is 33.4 Å². The molecule has 0 spiro atoms. The molecule has 1 aromatic carbocycles. The summed E-state index contributed by atoms with van der Waals surface area (Å²) >= 11 is 0. The minimum Gasteiger partial charge on any atom is -0.461 e. The Morgan fingerprint density at radius 2 is 1.55 bits per heavy atom. The predicted molar refractivity (Wildman–Crippen MR) is 114 cm³/mol. The van der Waals surface area contributed by atoms with Gasteiger partial charge in [0, 0.05) is 20.0 Å². The summed E-state index contributed by atoms with van der Waals surface area (Å²) in [5.74, 6) is -1.38. The van der Waals surface area contributed by atoms with E-state index in [0.717, 1.165) is 0 Å². The fourth-order valence-electron chi connectivity index (χ4n) is 2.12. The monoisotopic (exact) mass is 436 g/mol. The lowest BCUT2D eigenvalue weighted by molar-refractivity contribution is -0.143. The maximum atomic E-state index is 12.7. The van der Waals surface area contributed by atoms with Crippen molar-refractivity contribution in [3.8, 4) is 5.75 Å². The number of esters is 2. The molecule has 0 bridgehead atoms. The molecule has 0 aromatic heterocycles. The highest BCUT2D eigenvalue weighted by Crippen LogP contribution is 2.25. The van der Waals surface area contributed by atoms with Crippen molar-refractivity contribution in [3.05, 3.63) is 29.3 Å². The molecule has 0 fully saturated rings. The lowest BCUT2D eigenvalue weighted by Gasteiger charge is -2.20. The van der Waals surface area contributed by atoms with Crippen LogP contribution in [-0.4, -0.2) is 42.6 Å². The van der Waals surface area contributed by atoms with Crippen LogP contribution in [0.25, 0.3) is 0 Å². The van der Waals surface area contributed by atoms with Gasteiger partial charge in [-0.25, -0.2) is 4.79 Å². The van der Waals surface area contributed by atoms with Crippen molar-refractivity contribution in [2.24, 2.45) is 5.41 Å². The number of benzene rings is 1. The van der Waals surface area contributed by atoms with E-state index >= 15 is 0 Å². The van der Waals surface area contributed by atoms with Gasteiger partial charge in [-0.2, -0.15) is 0 Å². The summed E-state index contributed by atoms with van der Waals surface area (Å²) < 4.78 is 15.5. The van der Waals surface area contributed by atoms with E-state index in [1.807, 2.05) is 0 Å². The van der Waals surface area contributed by atoms with Crippen LogP contribution in [0, 0.1) is 5.41 Å². The van der Waals surface area contributed by atoms with Crippen LogP contribution in [0.5, 0.6) is 5.75 Å². The molecule has 2 N–H and O–H groups in total. The number of carbonyl (C=O) groups excluding carboxylic acids is 4. The van der Waals surface area contributed by atoms with Crippen molar-refractivity contribution >= 4 is 23.9 Å². The first-order chi connectivity index (χ1) is 14.2. The standard InChI is InChI=1S/C22H32N2O7/c1-14(25)29-13-15-8-9-17(30-19(27)21(2,3)4)16(12-15)18(26)23-10-11-24-20(28)31-22(5,6)7/h8-9,12H,10-11,13H2,1-7H3,(H,23,26)(H,24,28). The maximum Gasteiger partial charge on any atom is 0.407 e. The lowest BCUT2D eigenvalue weighted by atomic mass is 9.97. The highest BCUT2D eigenvalue weighted by molar-refractivity contribution is 5.98. The molecule has 1 rings (SSSR count). The second kappa shape index (κ2) is 10.8. The van der Waals surface area contributed by atoms with Gasteiger partial charge in [0.1, 0.15) is 18.0 Å². The van der Waals surface area contributed by atoms with Gasteiger partial charge < -0.3 is 24.8 Å². The van der Waals surface area contributed by atoms with E-state index < -0.39 is 35.0 Å². The Balaban J connectivity index is 2.87. The second-order valence-electron chi connectivity index (χ2n) is 8.93. The molecule has 0 saturated carbocycles. The summed E-state index contributed by atoms with van der Waals surface area (Å²) in [6.07, 6.45) is -0.593. The molecule has 0 radical (unpaired) electrons. The van der Waals surface area contributed by atoms with Crippen molar-refractivity contribution in [1.82, 2.24) is 10.6 Å². The third-order valence-electron chi connectivity index (χ3n) is 3.62. The molecule has 0 aliphatic heterocycles. The number of rotatable bonds is 7. The summed E-state index contributed by atoms with van der Waals surface area (Å²) in [5.41, 5.74) is -0.717. The van der Waals surface area contributed by atoms with E-state index in [9.17, 15) is 19.2 Å². The number of amides is 2. The topological polar surface area (TPSA) is 120 Å². The summed E-state index contributed by atoms with van der Waals surface area (Å²) in [5, 5.41) is 5.19. The number of hydrogen-bond acceptors (Lipinski definition) is 7. The Kier molecular flexibility index (Phi) is 9.02. The van der Waals surface area contributed by atoms with Gasteiger partial charge in [-0.3, -0.25) is 14.4 Å². The third kappa shape index (κ3) is 9.97. The van der Waals surface area contributed by atoms with Gasteiger partial charge in [0.2, 0.25) is 0 Å². The van der Waals surface area contributed by atoms with Gasteiger partial charge in [0.15, 0.2) is 0 Å². The van der Waals surface area contributed by atoms with Crippen LogP contribution in [0.4, 0.5) is 4.79 Å². The fraction of sp³-hybridized carbons (Fsp3) is 0.545. The molecular weight excluding hydrogens is 404 g/mol. The maximum absolute atomic E-state index is 12.7. The summed E-state index contributed by atoms with van der Waals surface area (Å²) in [7, 11) is 0. The zero-order valence-electron chi connectivity index (χ0n) is 19.2. The average Bonchev–Trinajstić information content (AvgIpc) is 2.61. The van der Waals surface area contributed by atoms with E-state index in [0.29, 0.717) is 5.56 Å². The van der Waals surface area contributed by atoms with Crippen molar-refractivity contribution in [2.45, 2.75) is 60.7 Å². The molecule has 0 aliphatic carbocycles. The molecule has 172 valence electrons. The molecular formula is C22H32N2O7. The number of nitrogens with one attached hydrogen (secondary N) is 2. The molecule has 0 atom stereocenters. The Morgan fingerprint density at radius 3 is 2.10 bits per heavy atom. The van der Waals surface area contributed by atoms with E-state index in [-0.39, 0.29) is 31.0 Å². The Hall–Kier alpha value is -3.10. The highest BCUT2D eigenvalue weighted by Gasteiger charge is 2.26. The van der Waals surface area contributed by atoms with Crippen molar-refractivity contribution in [2.75, 3.05) is 13.1 Å². The van der Waals surface area contributed by atoms with Crippen LogP contribution in [0.2, 0.25) is 0 Å². The van der Waals surface area contributed by atoms with Gasteiger partial charge in [0.05, 0.1) is 11.0 Å². The fourth-order valence-corrected chi connectivity index (χ4v) is 2.12. The van der Waals surface area contributed by atoms with Gasteiger partial charge >= 0.3 is 18.0 Å². The SMILES string of the molecule is CC(=O)OCc1ccc(OC(=O)C(C)(C)C)c(C(=O)NCCNC(=O)OC(C)(C)C)c1. The van der Waals surface area contributed by atoms with Crippen molar-refractivity contribution in [3.63, 3.8) is 0 Å². The average molecular weight is 437 g/mol. The zero-order valence-corrected chi connectivity index (χ0v) is 19.2. The van der Waals surface area contributed by atoms with Gasteiger partial charge in [-0.15, -0.1) is 0 Å². The number of ether oxygens (including phenoxy) is 3.